The summed E-state index contributed by atoms with van der Waals surface area (Å²) in [6.07, 6.45) is 0. The third-order valence-electron chi connectivity index (χ3n) is 2.11. The van der Waals surface area contributed by atoms with Gasteiger partial charge in [0.05, 0.1) is 0 Å². The predicted molar refractivity (Wildman–Crippen MR) is 50.6 cm³/mol. The molecule has 0 bridgehead atoms. The van der Waals surface area contributed by atoms with Crippen molar-refractivity contribution >= 4 is 0 Å². The van der Waals surface area contributed by atoms with E-state index in [4.69, 9.17) is 5.73 Å². The molecule has 2 unspecified atom stereocenters. The molecular formula is C9H22N2. The van der Waals surface area contributed by atoms with Crippen LogP contribution in [0.1, 0.15) is 27.7 Å². The van der Waals surface area contributed by atoms with Crippen molar-refractivity contribution in [1.29, 1.82) is 0 Å². The number of nitrogens with zero attached hydrogens (tertiary/aromatic N) is 1. The van der Waals surface area contributed by atoms with Gasteiger partial charge in [-0.3, -0.25) is 0 Å². The summed E-state index contributed by atoms with van der Waals surface area (Å²) in [6, 6.07) is 0.746. The summed E-state index contributed by atoms with van der Waals surface area (Å²) in [5.74, 6) is 0.723. The summed E-state index contributed by atoms with van der Waals surface area (Å²) in [4.78, 5) is 2.31. The number of rotatable bonds is 4. The van der Waals surface area contributed by atoms with Gasteiger partial charge in [0, 0.05) is 18.6 Å². The van der Waals surface area contributed by atoms with Gasteiger partial charge < -0.3 is 10.6 Å². The molecule has 0 aromatic carbocycles. The standard InChI is InChI=1S/C9H22N2/c1-7(2)6-11(5)9(4)8(3)10/h7-9H,6,10H2,1-5H3. The summed E-state index contributed by atoms with van der Waals surface area (Å²) in [6.45, 7) is 9.81. The molecular weight excluding hydrogens is 136 g/mol. The fourth-order valence-electron chi connectivity index (χ4n) is 1.14. The molecule has 0 heterocycles. The molecule has 0 fully saturated rings. The monoisotopic (exact) mass is 158 g/mol. The van der Waals surface area contributed by atoms with E-state index in [0.29, 0.717) is 6.04 Å². The Hall–Kier alpha value is -0.0800. The van der Waals surface area contributed by atoms with E-state index in [1.165, 1.54) is 0 Å². The quantitative estimate of drug-likeness (QED) is 0.668. The molecule has 0 saturated heterocycles. The normalized spacial score (nSPS) is 17.5. The highest BCUT2D eigenvalue weighted by atomic mass is 15.1. The Bertz CT molecular complexity index is 99.7. The molecule has 0 aromatic rings. The summed E-state index contributed by atoms with van der Waals surface area (Å²) in [5.41, 5.74) is 5.77. The predicted octanol–water partition coefficient (Wildman–Crippen LogP) is 1.31. The summed E-state index contributed by atoms with van der Waals surface area (Å²) in [5, 5.41) is 0. The van der Waals surface area contributed by atoms with Crippen LogP contribution >= 0.6 is 0 Å². The zero-order valence-electron chi connectivity index (χ0n) is 8.46. The molecule has 68 valence electrons. The lowest BCUT2D eigenvalue weighted by atomic mass is 10.1. The van der Waals surface area contributed by atoms with Gasteiger partial charge in [0.1, 0.15) is 0 Å². The first-order valence-corrected chi connectivity index (χ1v) is 4.41. The van der Waals surface area contributed by atoms with Gasteiger partial charge in [0.2, 0.25) is 0 Å². The maximum absolute atomic E-state index is 5.77. The van der Waals surface area contributed by atoms with Gasteiger partial charge in [-0.1, -0.05) is 13.8 Å². The molecule has 0 radical (unpaired) electrons. The van der Waals surface area contributed by atoms with Gasteiger partial charge in [-0.15, -0.1) is 0 Å². The second kappa shape index (κ2) is 4.73. The van der Waals surface area contributed by atoms with E-state index < -0.39 is 0 Å². The first-order valence-electron chi connectivity index (χ1n) is 4.41. The molecule has 11 heavy (non-hydrogen) atoms. The van der Waals surface area contributed by atoms with Crippen molar-refractivity contribution in [2.24, 2.45) is 11.7 Å². The van der Waals surface area contributed by atoms with Gasteiger partial charge in [0.25, 0.3) is 0 Å². The Kier molecular flexibility index (Phi) is 4.69. The van der Waals surface area contributed by atoms with Crippen LogP contribution in [0.25, 0.3) is 0 Å². The maximum atomic E-state index is 5.77. The molecule has 0 aliphatic heterocycles. The Morgan fingerprint density at radius 3 is 1.91 bits per heavy atom. The van der Waals surface area contributed by atoms with E-state index in [1.807, 2.05) is 0 Å². The molecule has 0 aliphatic rings. The number of hydrogen-bond donors (Lipinski definition) is 1. The third-order valence-corrected chi connectivity index (χ3v) is 2.11. The Labute approximate surface area is 70.8 Å². The minimum Gasteiger partial charge on any atom is -0.327 e. The van der Waals surface area contributed by atoms with Gasteiger partial charge in [0.15, 0.2) is 0 Å². The molecule has 0 spiro atoms. The Balaban J connectivity index is 3.73. The van der Waals surface area contributed by atoms with Gasteiger partial charge in [-0.2, -0.15) is 0 Å². The smallest absolute Gasteiger partial charge is 0.0213 e. The Morgan fingerprint density at radius 1 is 1.18 bits per heavy atom. The SMILES string of the molecule is CC(C)CN(C)C(C)C(C)N. The maximum Gasteiger partial charge on any atom is 0.0213 e. The lowest BCUT2D eigenvalue weighted by Gasteiger charge is -2.28. The van der Waals surface area contributed by atoms with E-state index in [1.54, 1.807) is 0 Å². The van der Waals surface area contributed by atoms with E-state index >= 15 is 0 Å². The molecule has 0 saturated carbocycles. The van der Waals surface area contributed by atoms with Crippen LogP contribution in [0.3, 0.4) is 0 Å². The first kappa shape index (κ1) is 10.9. The average Bonchev–Trinajstić information content (AvgIpc) is 1.84. The first-order chi connectivity index (χ1) is 4.95. The van der Waals surface area contributed by atoms with Crippen LogP contribution in [0.15, 0.2) is 0 Å². The minimum atomic E-state index is 0.263. The van der Waals surface area contributed by atoms with E-state index in [2.05, 4.69) is 39.6 Å². The Morgan fingerprint density at radius 2 is 1.64 bits per heavy atom. The summed E-state index contributed by atoms with van der Waals surface area (Å²) in [7, 11) is 2.13. The largest absolute Gasteiger partial charge is 0.327 e. The van der Waals surface area contributed by atoms with Crippen molar-refractivity contribution in [2.75, 3.05) is 13.6 Å². The van der Waals surface area contributed by atoms with Gasteiger partial charge in [-0.05, 0) is 26.8 Å². The van der Waals surface area contributed by atoms with Crippen LogP contribution in [0, 0.1) is 5.92 Å². The highest BCUT2D eigenvalue weighted by Gasteiger charge is 2.13. The van der Waals surface area contributed by atoms with Crippen molar-refractivity contribution < 1.29 is 0 Å². The molecule has 0 aromatic heterocycles. The number of likely N-dealkylation sites (N-methyl/N-ethyl adjacent to an activating group) is 1. The number of nitrogens with two attached hydrogens (primary N) is 1. The molecule has 2 N–H and O–H groups in total. The van der Waals surface area contributed by atoms with E-state index in [0.717, 1.165) is 12.5 Å². The summed E-state index contributed by atoms with van der Waals surface area (Å²) < 4.78 is 0. The van der Waals surface area contributed by atoms with Crippen molar-refractivity contribution in [2.45, 2.75) is 39.8 Å². The average molecular weight is 158 g/mol. The van der Waals surface area contributed by atoms with Crippen molar-refractivity contribution in [3.8, 4) is 0 Å². The molecule has 2 heteroatoms. The fourth-order valence-corrected chi connectivity index (χ4v) is 1.14. The molecule has 0 aliphatic carbocycles. The molecule has 2 nitrogen and oxygen atoms in total. The zero-order valence-corrected chi connectivity index (χ0v) is 8.46. The van der Waals surface area contributed by atoms with Crippen molar-refractivity contribution in [1.82, 2.24) is 4.90 Å². The topological polar surface area (TPSA) is 29.3 Å². The van der Waals surface area contributed by atoms with Gasteiger partial charge in [-0.25, -0.2) is 0 Å². The minimum absolute atomic E-state index is 0.263. The number of hydrogen-bond acceptors (Lipinski definition) is 2. The molecule has 2 atom stereocenters. The van der Waals surface area contributed by atoms with Crippen molar-refractivity contribution in [3.05, 3.63) is 0 Å². The van der Waals surface area contributed by atoms with E-state index in [9.17, 15) is 0 Å². The zero-order chi connectivity index (χ0) is 9.02. The third kappa shape index (κ3) is 4.38. The van der Waals surface area contributed by atoms with Crippen LogP contribution < -0.4 is 5.73 Å². The van der Waals surface area contributed by atoms with Crippen LogP contribution in [0.4, 0.5) is 0 Å². The van der Waals surface area contributed by atoms with Crippen LogP contribution in [0.2, 0.25) is 0 Å². The second-order valence-electron chi connectivity index (χ2n) is 3.93. The van der Waals surface area contributed by atoms with Gasteiger partial charge >= 0.3 is 0 Å². The summed E-state index contributed by atoms with van der Waals surface area (Å²) >= 11 is 0. The van der Waals surface area contributed by atoms with E-state index in [-0.39, 0.29) is 6.04 Å². The van der Waals surface area contributed by atoms with Crippen molar-refractivity contribution in [3.63, 3.8) is 0 Å². The second-order valence-corrected chi connectivity index (χ2v) is 3.93. The highest BCUT2D eigenvalue weighted by molar-refractivity contribution is 4.72. The fraction of sp³-hybridized carbons (Fsp3) is 1.00. The lowest BCUT2D eigenvalue weighted by Crippen LogP contribution is -2.43. The molecule has 0 rings (SSSR count). The highest BCUT2D eigenvalue weighted by Crippen LogP contribution is 2.03. The van der Waals surface area contributed by atoms with Crippen LogP contribution in [0.5, 0.6) is 0 Å². The lowest BCUT2D eigenvalue weighted by molar-refractivity contribution is 0.209. The van der Waals surface area contributed by atoms with Crippen LogP contribution in [-0.4, -0.2) is 30.6 Å². The van der Waals surface area contributed by atoms with Crippen LogP contribution in [-0.2, 0) is 0 Å². The molecule has 0 amide bonds.